The highest BCUT2D eigenvalue weighted by molar-refractivity contribution is 6.46. The average molecular weight is 464 g/mol. The number of hydrogen-bond donors (Lipinski definition) is 1. The van der Waals surface area contributed by atoms with Gasteiger partial charge in [-0.2, -0.15) is 13.2 Å². The molecule has 1 N–H and O–H groups in total. The summed E-state index contributed by atoms with van der Waals surface area (Å²) in [6.45, 7) is 6.05. The van der Waals surface area contributed by atoms with Gasteiger partial charge in [0.25, 0.3) is 11.8 Å². The zero-order valence-electron chi connectivity index (χ0n) is 18.9. The van der Waals surface area contributed by atoms with E-state index in [9.17, 15) is 22.8 Å². The van der Waals surface area contributed by atoms with Crippen LogP contribution in [0, 0.1) is 6.92 Å². The highest BCUT2D eigenvalue weighted by atomic mass is 19.4. The molecule has 1 aliphatic rings. The second kappa shape index (κ2) is 8.82. The molecule has 34 heavy (non-hydrogen) atoms. The van der Waals surface area contributed by atoms with Gasteiger partial charge in [-0.3, -0.25) is 9.59 Å². The Balaban J connectivity index is 1.75. The number of carbonyl (C=O) groups excluding carboxylic acids is 2. The number of aryl methyl sites for hydroxylation is 1. The maximum atomic E-state index is 13.4. The van der Waals surface area contributed by atoms with Crippen LogP contribution in [0.2, 0.25) is 0 Å². The quantitative estimate of drug-likeness (QED) is 0.437. The van der Waals surface area contributed by atoms with E-state index in [1.807, 2.05) is 43.3 Å². The maximum absolute atomic E-state index is 13.4. The lowest BCUT2D eigenvalue weighted by atomic mass is 10.0. The van der Waals surface area contributed by atoms with Gasteiger partial charge in [-0.15, -0.1) is 0 Å². The summed E-state index contributed by atoms with van der Waals surface area (Å²) in [5.41, 5.74) is 2.73. The molecule has 0 fully saturated rings. The zero-order chi connectivity index (χ0) is 24.6. The van der Waals surface area contributed by atoms with E-state index < -0.39 is 23.6 Å². The van der Waals surface area contributed by atoms with Gasteiger partial charge in [0, 0.05) is 5.69 Å². The highest BCUT2D eigenvalue weighted by Crippen LogP contribution is 2.36. The summed E-state index contributed by atoms with van der Waals surface area (Å²) in [6.07, 6.45) is -4.52. The molecular formula is C27H23F3N2O2. The number of nitrogens with one attached hydrogen (secondary N) is 1. The standard InChI is InChI=1S/C27H23F3N2O2/c1-16(2)18-8-12-21(13-9-18)31-24-23(19-6-4-17(3)5-7-19)25(33)32(26(24)34)22-14-10-20(11-15-22)27(28,29)30/h4-16,31H,1-3H3. The molecule has 3 aromatic carbocycles. The Morgan fingerprint density at radius 1 is 0.794 bits per heavy atom. The van der Waals surface area contributed by atoms with E-state index in [2.05, 4.69) is 19.2 Å². The molecular weight excluding hydrogens is 441 g/mol. The number of alkyl halides is 3. The predicted octanol–water partition coefficient (Wildman–Crippen LogP) is 6.53. The second-order valence-corrected chi connectivity index (χ2v) is 8.51. The molecule has 1 aliphatic heterocycles. The van der Waals surface area contributed by atoms with Crippen LogP contribution in [0.25, 0.3) is 5.57 Å². The number of amides is 2. The molecule has 1 heterocycles. The molecule has 0 radical (unpaired) electrons. The van der Waals surface area contributed by atoms with Gasteiger partial charge in [-0.25, -0.2) is 4.90 Å². The monoisotopic (exact) mass is 464 g/mol. The van der Waals surface area contributed by atoms with Crippen LogP contribution in [-0.2, 0) is 15.8 Å². The molecule has 0 spiro atoms. The molecule has 4 nitrogen and oxygen atoms in total. The molecule has 0 aliphatic carbocycles. The first-order valence-electron chi connectivity index (χ1n) is 10.8. The van der Waals surface area contributed by atoms with Crippen molar-refractivity contribution in [2.75, 3.05) is 10.2 Å². The third-order valence-corrected chi connectivity index (χ3v) is 5.72. The lowest BCUT2D eigenvalue weighted by Gasteiger charge is -2.16. The number of benzene rings is 3. The molecule has 3 aromatic rings. The van der Waals surface area contributed by atoms with Crippen molar-refractivity contribution in [3.05, 3.63) is 101 Å². The Kier molecular flexibility index (Phi) is 6.04. The third kappa shape index (κ3) is 4.46. The van der Waals surface area contributed by atoms with Crippen LogP contribution < -0.4 is 10.2 Å². The Morgan fingerprint density at radius 2 is 1.38 bits per heavy atom. The van der Waals surface area contributed by atoms with Gasteiger partial charge in [0.2, 0.25) is 0 Å². The van der Waals surface area contributed by atoms with Gasteiger partial charge in [0.05, 0.1) is 16.8 Å². The Labute approximate surface area is 195 Å². The number of hydrogen-bond acceptors (Lipinski definition) is 3. The van der Waals surface area contributed by atoms with Crippen LogP contribution in [-0.4, -0.2) is 11.8 Å². The molecule has 0 unspecified atom stereocenters. The summed E-state index contributed by atoms with van der Waals surface area (Å²) in [5, 5.41) is 3.07. The predicted molar refractivity (Wildman–Crippen MR) is 126 cm³/mol. The smallest absolute Gasteiger partial charge is 0.350 e. The topological polar surface area (TPSA) is 49.4 Å². The molecule has 7 heteroatoms. The maximum Gasteiger partial charge on any atom is 0.416 e. The Morgan fingerprint density at radius 3 is 1.91 bits per heavy atom. The summed E-state index contributed by atoms with van der Waals surface area (Å²) >= 11 is 0. The van der Waals surface area contributed by atoms with Gasteiger partial charge < -0.3 is 5.32 Å². The second-order valence-electron chi connectivity index (χ2n) is 8.51. The third-order valence-electron chi connectivity index (χ3n) is 5.72. The summed E-state index contributed by atoms with van der Waals surface area (Å²) in [7, 11) is 0. The summed E-state index contributed by atoms with van der Waals surface area (Å²) in [6, 6.07) is 18.7. The lowest BCUT2D eigenvalue weighted by Crippen LogP contribution is -2.32. The van der Waals surface area contributed by atoms with Crippen LogP contribution in [0.5, 0.6) is 0 Å². The summed E-state index contributed by atoms with van der Waals surface area (Å²) in [5.74, 6) is -0.899. The van der Waals surface area contributed by atoms with E-state index in [0.717, 1.165) is 40.3 Å². The van der Waals surface area contributed by atoms with Gasteiger partial charge in [0.1, 0.15) is 5.70 Å². The molecule has 0 saturated carbocycles. The highest BCUT2D eigenvalue weighted by Gasteiger charge is 2.40. The molecule has 4 rings (SSSR count). The minimum atomic E-state index is -4.52. The minimum Gasteiger partial charge on any atom is -0.350 e. The Hall–Kier alpha value is -3.87. The lowest BCUT2D eigenvalue weighted by molar-refractivity contribution is -0.137. The number of halogens is 3. The van der Waals surface area contributed by atoms with Crippen molar-refractivity contribution in [1.29, 1.82) is 0 Å². The van der Waals surface area contributed by atoms with E-state index in [1.165, 1.54) is 0 Å². The SMILES string of the molecule is Cc1ccc(C2=C(Nc3ccc(C(C)C)cc3)C(=O)N(c3ccc(C(F)(F)F)cc3)C2=O)cc1. The van der Waals surface area contributed by atoms with Crippen molar-refractivity contribution >= 4 is 28.8 Å². The zero-order valence-corrected chi connectivity index (χ0v) is 18.9. The van der Waals surface area contributed by atoms with E-state index in [0.29, 0.717) is 17.2 Å². The van der Waals surface area contributed by atoms with Crippen molar-refractivity contribution < 1.29 is 22.8 Å². The van der Waals surface area contributed by atoms with Crippen molar-refractivity contribution in [2.24, 2.45) is 0 Å². The Bertz CT molecular complexity index is 1260. The fraction of sp³-hybridized carbons (Fsp3) is 0.185. The normalized spacial score (nSPS) is 14.4. The number of carbonyl (C=O) groups is 2. The first-order chi connectivity index (χ1) is 16.1. The van der Waals surface area contributed by atoms with E-state index in [4.69, 9.17) is 0 Å². The number of anilines is 2. The van der Waals surface area contributed by atoms with Gasteiger partial charge in [-0.1, -0.05) is 55.8 Å². The minimum absolute atomic E-state index is 0.0690. The molecule has 0 aromatic heterocycles. The van der Waals surface area contributed by atoms with E-state index in [-0.39, 0.29) is 17.0 Å². The van der Waals surface area contributed by atoms with Crippen LogP contribution in [0.1, 0.15) is 42.0 Å². The number of imide groups is 1. The molecule has 0 bridgehead atoms. The first-order valence-corrected chi connectivity index (χ1v) is 10.8. The van der Waals surface area contributed by atoms with Crippen LogP contribution in [0.3, 0.4) is 0 Å². The van der Waals surface area contributed by atoms with Crippen molar-refractivity contribution in [3.63, 3.8) is 0 Å². The van der Waals surface area contributed by atoms with E-state index >= 15 is 0 Å². The number of nitrogens with zero attached hydrogens (tertiary/aromatic N) is 1. The van der Waals surface area contributed by atoms with E-state index in [1.54, 1.807) is 12.1 Å². The first kappa shape index (κ1) is 23.3. The van der Waals surface area contributed by atoms with Crippen LogP contribution >= 0.6 is 0 Å². The van der Waals surface area contributed by atoms with Crippen molar-refractivity contribution in [2.45, 2.75) is 32.9 Å². The summed E-state index contributed by atoms with van der Waals surface area (Å²) in [4.78, 5) is 27.7. The fourth-order valence-electron chi connectivity index (χ4n) is 3.76. The molecule has 174 valence electrons. The summed E-state index contributed by atoms with van der Waals surface area (Å²) < 4.78 is 38.9. The van der Waals surface area contributed by atoms with Crippen molar-refractivity contribution in [3.8, 4) is 0 Å². The van der Waals surface area contributed by atoms with Gasteiger partial charge in [-0.05, 0) is 60.4 Å². The average Bonchev–Trinajstić information content (AvgIpc) is 3.03. The van der Waals surface area contributed by atoms with Gasteiger partial charge >= 0.3 is 6.18 Å². The van der Waals surface area contributed by atoms with Crippen LogP contribution in [0.15, 0.2) is 78.5 Å². The van der Waals surface area contributed by atoms with Gasteiger partial charge in [0.15, 0.2) is 0 Å². The molecule has 0 saturated heterocycles. The largest absolute Gasteiger partial charge is 0.416 e. The number of rotatable bonds is 5. The van der Waals surface area contributed by atoms with Crippen LogP contribution in [0.4, 0.5) is 24.5 Å². The molecule has 0 atom stereocenters. The fourth-order valence-corrected chi connectivity index (χ4v) is 3.76. The van der Waals surface area contributed by atoms with Crippen molar-refractivity contribution in [1.82, 2.24) is 0 Å². The molecule has 2 amide bonds.